The van der Waals surface area contributed by atoms with Crippen LogP contribution >= 0.6 is 0 Å². The zero-order valence-electron chi connectivity index (χ0n) is 11.2. The number of piperidine rings is 1. The molecule has 104 valence electrons. The molecule has 3 N–H and O–H groups in total. The molecule has 0 saturated carbocycles. The van der Waals surface area contributed by atoms with Crippen LogP contribution in [0.3, 0.4) is 0 Å². The van der Waals surface area contributed by atoms with Crippen LogP contribution in [0.5, 0.6) is 0 Å². The maximum Gasteiger partial charge on any atom is 0.222 e. The Morgan fingerprint density at radius 3 is 2.79 bits per heavy atom. The number of anilines is 1. The quantitative estimate of drug-likeness (QED) is 0.811. The number of nitrogen functional groups attached to an aromatic ring is 1. The van der Waals surface area contributed by atoms with E-state index in [1.165, 1.54) is 12.1 Å². The first-order valence-corrected chi connectivity index (χ1v) is 6.58. The third-order valence-corrected chi connectivity index (χ3v) is 3.70. The van der Waals surface area contributed by atoms with Crippen molar-refractivity contribution < 1.29 is 9.18 Å². The van der Waals surface area contributed by atoms with Crippen molar-refractivity contribution in [3.63, 3.8) is 0 Å². The Labute approximate surface area is 112 Å². The maximum atomic E-state index is 13.2. The Bertz CT molecular complexity index is 456. The van der Waals surface area contributed by atoms with Gasteiger partial charge in [0.15, 0.2) is 0 Å². The molecule has 0 unspecified atom stereocenters. The van der Waals surface area contributed by atoms with Gasteiger partial charge in [0.1, 0.15) is 5.82 Å². The molecule has 1 aromatic rings. The molecular weight excluding hydrogens is 245 g/mol. The fraction of sp³-hybridized carbons (Fsp3) is 0.500. The average molecular weight is 265 g/mol. The summed E-state index contributed by atoms with van der Waals surface area (Å²) in [5.41, 5.74) is 7.28. The molecular formula is C14H20FN3O. The third kappa shape index (κ3) is 3.44. The summed E-state index contributed by atoms with van der Waals surface area (Å²) in [5, 5.41) is 2.69. The Kier molecular flexibility index (Phi) is 4.37. The van der Waals surface area contributed by atoms with Gasteiger partial charge >= 0.3 is 0 Å². The SMILES string of the molecule is CNC(=O)C1CCN(Cc2cc(F)ccc2N)CC1. The fourth-order valence-corrected chi connectivity index (χ4v) is 2.51. The average Bonchev–Trinajstić information content (AvgIpc) is 2.43. The molecule has 1 aliphatic heterocycles. The summed E-state index contributed by atoms with van der Waals surface area (Å²) in [6, 6.07) is 4.46. The van der Waals surface area contributed by atoms with Crippen LogP contribution in [-0.2, 0) is 11.3 Å². The number of hydrogen-bond acceptors (Lipinski definition) is 3. The van der Waals surface area contributed by atoms with Gasteiger partial charge in [-0.3, -0.25) is 9.69 Å². The van der Waals surface area contributed by atoms with Gasteiger partial charge < -0.3 is 11.1 Å². The minimum Gasteiger partial charge on any atom is -0.398 e. The van der Waals surface area contributed by atoms with E-state index in [2.05, 4.69) is 10.2 Å². The molecule has 0 atom stereocenters. The summed E-state index contributed by atoms with van der Waals surface area (Å²) in [6.07, 6.45) is 1.68. The number of amides is 1. The normalized spacial score (nSPS) is 17.4. The number of nitrogens with two attached hydrogens (primary N) is 1. The minimum absolute atomic E-state index is 0.103. The molecule has 19 heavy (non-hydrogen) atoms. The second-order valence-corrected chi connectivity index (χ2v) is 5.01. The minimum atomic E-state index is -0.260. The second-order valence-electron chi connectivity index (χ2n) is 5.01. The number of hydrogen-bond donors (Lipinski definition) is 2. The van der Waals surface area contributed by atoms with E-state index >= 15 is 0 Å². The lowest BCUT2D eigenvalue weighted by Gasteiger charge is -2.31. The molecule has 0 aromatic heterocycles. The second kappa shape index (κ2) is 6.02. The Balaban J connectivity index is 1.92. The van der Waals surface area contributed by atoms with Crippen LogP contribution in [0.4, 0.5) is 10.1 Å². The van der Waals surface area contributed by atoms with E-state index < -0.39 is 0 Å². The van der Waals surface area contributed by atoms with Crippen LogP contribution in [0.1, 0.15) is 18.4 Å². The van der Waals surface area contributed by atoms with Gasteiger partial charge in [0.25, 0.3) is 0 Å². The smallest absolute Gasteiger partial charge is 0.222 e. The molecule has 1 saturated heterocycles. The number of carbonyl (C=O) groups excluding carboxylic acids is 1. The van der Waals surface area contributed by atoms with Crippen molar-refractivity contribution in [1.82, 2.24) is 10.2 Å². The highest BCUT2D eigenvalue weighted by Gasteiger charge is 2.24. The molecule has 2 rings (SSSR count). The predicted octanol–water partition coefficient (Wildman–Crippen LogP) is 1.37. The standard InChI is InChI=1S/C14H20FN3O/c1-17-14(19)10-4-6-18(7-5-10)9-11-8-12(15)2-3-13(11)16/h2-3,8,10H,4-7,9,16H2,1H3,(H,17,19). The van der Waals surface area contributed by atoms with Gasteiger partial charge in [-0.1, -0.05) is 0 Å². The molecule has 5 heteroatoms. The van der Waals surface area contributed by atoms with Crippen LogP contribution < -0.4 is 11.1 Å². The molecule has 1 aliphatic rings. The first-order chi connectivity index (χ1) is 9.10. The van der Waals surface area contributed by atoms with Gasteiger partial charge in [0.05, 0.1) is 0 Å². The topological polar surface area (TPSA) is 58.4 Å². The summed E-state index contributed by atoms with van der Waals surface area (Å²) in [6.45, 7) is 2.33. The molecule has 4 nitrogen and oxygen atoms in total. The van der Waals surface area contributed by atoms with Crippen molar-refractivity contribution in [2.75, 3.05) is 25.9 Å². The highest BCUT2D eigenvalue weighted by molar-refractivity contribution is 5.78. The summed E-state index contributed by atoms with van der Waals surface area (Å²) in [5.74, 6) is -0.0412. The van der Waals surface area contributed by atoms with Gasteiger partial charge in [-0.2, -0.15) is 0 Å². The molecule has 0 radical (unpaired) electrons. The monoisotopic (exact) mass is 265 g/mol. The number of nitrogens with zero attached hydrogens (tertiary/aromatic N) is 1. The zero-order valence-corrected chi connectivity index (χ0v) is 11.2. The molecule has 0 aliphatic carbocycles. The lowest BCUT2D eigenvalue weighted by atomic mass is 9.95. The Morgan fingerprint density at radius 1 is 1.47 bits per heavy atom. The van der Waals surface area contributed by atoms with Crippen molar-refractivity contribution in [2.24, 2.45) is 5.92 Å². The van der Waals surface area contributed by atoms with Crippen LogP contribution in [0.25, 0.3) is 0 Å². The van der Waals surface area contributed by atoms with Crippen molar-refractivity contribution in [1.29, 1.82) is 0 Å². The fourth-order valence-electron chi connectivity index (χ4n) is 2.51. The molecule has 1 heterocycles. The van der Waals surface area contributed by atoms with Gasteiger partial charge in [0, 0.05) is 25.2 Å². The van der Waals surface area contributed by atoms with Gasteiger partial charge in [0.2, 0.25) is 5.91 Å². The van der Waals surface area contributed by atoms with Crippen LogP contribution in [0.15, 0.2) is 18.2 Å². The van der Waals surface area contributed by atoms with E-state index in [0.717, 1.165) is 31.5 Å². The third-order valence-electron chi connectivity index (χ3n) is 3.70. The summed E-state index contributed by atoms with van der Waals surface area (Å²) >= 11 is 0. The van der Waals surface area contributed by atoms with E-state index in [0.29, 0.717) is 12.2 Å². The Morgan fingerprint density at radius 2 is 2.16 bits per heavy atom. The number of likely N-dealkylation sites (tertiary alicyclic amines) is 1. The summed E-state index contributed by atoms with van der Waals surface area (Å²) < 4.78 is 13.2. The lowest BCUT2D eigenvalue weighted by molar-refractivity contribution is -0.125. The number of benzene rings is 1. The van der Waals surface area contributed by atoms with E-state index in [4.69, 9.17) is 5.73 Å². The van der Waals surface area contributed by atoms with Gasteiger partial charge in [-0.05, 0) is 49.7 Å². The highest BCUT2D eigenvalue weighted by Crippen LogP contribution is 2.21. The van der Waals surface area contributed by atoms with Gasteiger partial charge in [-0.15, -0.1) is 0 Å². The number of halogens is 1. The van der Waals surface area contributed by atoms with Gasteiger partial charge in [-0.25, -0.2) is 4.39 Å². The van der Waals surface area contributed by atoms with E-state index in [1.807, 2.05) is 0 Å². The summed E-state index contributed by atoms with van der Waals surface area (Å²) in [7, 11) is 1.67. The predicted molar refractivity (Wildman–Crippen MR) is 72.9 cm³/mol. The van der Waals surface area contributed by atoms with Crippen molar-refractivity contribution >= 4 is 11.6 Å². The van der Waals surface area contributed by atoms with Crippen molar-refractivity contribution in [2.45, 2.75) is 19.4 Å². The van der Waals surface area contributed by atoms with E-state index in [1.54, 1.807) is 13.1 Å². The maximum absolute atomic E-state index is 13.2. The van der Waals surface area contributed by atoms with Crippen LogP contribution in [-0.4, -0.2) is 30.9 Å². The number of rotatable bonds is 3. The largest absolute Gasteiger partial charge is 0.398 e. The summed E-state index contributed by atoms with van der Waals surface area (Å²) in [4.78, 5) is 13.7. The van der Waals surface area contributed by atoms with Crippen LogP contribution in [0, 0.1) is 11.7 Å². The number of nitrogens with one attached hydrogen (secondary N) is 1. The molecule has 1 aromatic carbocycles. The lowest BCUT2D eigenvalue weighted by Crippen LogP contribution is -2.39. The number of carbonyl (C=O) groups is 1. The Hall–Kier alpha value is -1.62. The van der Waals surface area contributed by atoms with E-state index in [9.17, 15) is 9.18 Å². The molecule has 1 amide bonds. The van der Waals surface area contributed by atoms with Crippen LogP contribution in [0.2, 0.25) is 0 Å². The first-order valence-electron chi connectivity index (χ1n) is 6.58. The van der Waals surface area contributed by atoms with Crippen molar-refractivity contribution in [3.8, 4) is 0 Å². The van der Waals surface area contributed by atoms with E-state index in [-0.39, 0.29) is 17.6 Å². The molecule has 1 fully saturated rings. The zero-order chi connectivity index (χ0) is 13.8. The highest BCUT2D eigenvalue weighted by atomic mass is 19.1. The molecule has 0 spiro atoms. The first kappa shape index (κ1) is 13.8. The van der Waals surface area contributed by atoms with Crippen molar-refractivity contribution in [3.05, 3.63) is 29.6 Å². The molecule has 0 bridgehead atoms.